The number of carbonyl (C=O) groups excluding carboxylic acids is 1. The Hall–Kier alpha value is -2.54. The van der Waals surface area contributed by atoms with Gasteiger partial charge in [-0.05, 0) is 60.2 Å². The molecular weight excluding hydrogens is 434 g/mol. The van der Waals surface area contributed by atoms with E-state index in [9.17, 15) is 9.90 Å². The molecule has 31 heavy (non-hydrogen) atoms. The Morgan fingerprint density at radius 2 is 1.94 bits per heavy atom. The predicted octanol–water partition coefficient (Wildman–Crippen LogP) is 5.39. The largest absolute Gasteiger partial charge is 0.493 e. The maximum atomic E-state index is 13.1. The second-order valence-electron chi connectivity index (χ2n) is 7.91. The lowest BCUT2D eigenvalue weighted by atomic mass is 10.1. The number of methoxy groups -OCH3 is 1. The number of benzene rings is 2. The molecule has 0 spiro atoms. The lowest BCUT2D eigenvalue weighted by Crippen LogP contribution is -2.23. The predicted molar refractivity (Wildman–Crippen MR) is 122 cm³/mol. The summed E-state index contributed by atoms with van der Waals surface area (Å²) >= 11 is 7.49. The van der Waals surface area contributed by atoms with Crippen LogP contribution in [0.4, 0.5) is 5.69 Å². The Morgan fingerprint density at radius 3 is 2.61 bits per heavy atom. The lowest BCUT2D eigenvalue weighted by molar-refractivity contribution is 0.0880. The molecule has 3 aromatic rings. The minimum absolute atomic E-state index is 0.0138. The number of hydrogen-bond donors (Lipinski definition) is 1. The minimum atomic E-state index is -0.449. The van der Waals surface area contributed by atoms with Crippen LogP contribution in [0.15, 0.2) is 48.5 Å². The first-order chi connectivity index (χ1) is 15.0. The van der Waals surface area contributed by atoms with Crippen LogP contribution in [0, 0.1) is 5.92 Å². The van der Waals surface area contributed by atoms with Gasteiger partial charge in [-0.15, -0.1) is 11.3 Å². The van der Waals surface area contributed by atoms with Crippen molar-refractivity contribution in [3.63, 3.8) is 0 Å². The molecule has 5 rings (SSSR count). The summed E-state index contributed by atoms with van der Waals surface area (Å²) in [5.41, 5.74) is 2.83. The van der Waals surface area contributed by atoms with Crippen LogP contribution in [-0.4, -0.2) is 30.8 Å². The van der Waals surface area contributed by atoms with Crippen LogP contribution in [-0.2, 0) is 6.54 Å². The molecule has 160 valence electrons. The van der Waals surface area contributed by atoms with Gasteiger partial charge >= 0.3 is 0 Å². The van der Waals surface area contributed by atoms with Crippen molar-refractivity contribution >= 4 is 34.5 Å². The number of ether oxygens (including phenoxy) is 2. The highest BCUT2D eigenvalue weighted by Gasteiger charge is 2.32. The Labute approximate surface area is 189 Å². The van der Waals surface area contributed by atoms with E-state index in [0.29, 0.717) is 29.0 Å². The van der Waals surface area contributed by atoms with Crippen molar-refractivity contribution in [2.75, 3.05) is 18.6 Å². The average Bonchev–Trinajstić information content (AvgIpc) is 3.48. The smallest absolute Gasteiger partial charge is 0.269 e. The summed E-state index contributed by atoms with van der Waals surface area (Å²) in [5, 5.41) is 10.7. The number of nitrogens with zero attached hydrogens (tertiary/aromatic N) is 1. The van der Waals surface area contributed by atoms with E-state index in [0.717, 1.165) is 39.4 Å². The molecule has 7 heteroatoms. The molecule has 2 aliphatic rings. The van der Waals surface area contributed by atoms with E-state index in [4.69, 9.17) is 21.1 Å². The lowest BCUT2D eigenvalue weighted by Gasteiger charge is -2.19. The van der Waals surface area contributed by atoms with Crippen molar-refractivity contribution < 1.29 is 19.4 Å². The standard InChI is InChI=1S/C24H22ClNO4S/c1-29-21-11-18(8-9-20(21)30-13-19(27)14-2-3-14)26-12-16-10-22(31-23(16)24(26)28)15-4-6-17(25)7-5-15/h4-11,14,19,27H,2-3,12-13H2,1H3. The molecule has 5 nitrogen and oxygen atoms in total. The zero-order chi connectivity index (χ0) is 21.5. The van der Waals surface area contributed by atoms with Gasteiger partial charge in [-0.2, -0.15) is 0 Å². The first-order valence-electron chi connectivity index (χ1n) is 10.2. The summed E-state index contributed by atoms with van der Waals surface area (Å²) in [4.78, 5) is 16.7. The van der Waals surface area contributed by atoms with Crippen molar-refractivity contribution in [3.8, 4) is 21.9 Å². The number of amides is 1. The van der Waals surface area contributed by atoms with E-state index >= 15 is 0 Å². The highest BCUT2D eigenvalue weighted by atomic mass is 35.5. The highest BCUT2D eigenvalue weighted by molar-refractivity contribution is 7.17. The molecule has 1 aromatic heterocycles. The Bertz CT molecular complexity index is 1120. The zero-order valence-electron chi connectivity index (χ0n) is 17.0. The molecular formula is C24H22ClNO4S. The van der Waals surface area contributed by atoms with Gasteiger partial charge in [0.1, 0.15) is 6.61 Å². The molecule has 1 amide bonds. The van der Waals surface area contributed by atoms with Crippen molar-refractivity contribution in [1.29, 1.82) is 0 Å². The SMILES string of the molecule is COc1cc(N2Cc3cc(-c4ccc(Cl)cc4)sc3C2=O)ccc1OCC(O)C1CC1. The molecule has 1 unspecified atom stereocenters. The monoisotopic (exact) mass is 455 g/mol. The third kappa shape index (κ3) is 4.03. The summed E-state index contributed by atoms with van der Waals surface area (Å²) in [6.07, 6.45) is 1.67. The van der Waals surface area contributed by atoms with E-state index in [1.54, 1.807) is 18.1 Å². The number of carbonyl (C=O) groups is 1. The van der Waals surface area contributed by atoms with Crippen LogP contribution >= 0.6 is 22.9 Å². The molecule has 1 atom stereocenters. The summed E-state index contributed by atoms with van der Waals surface area (Å²) in [5.74, 6) is 1.45. The average molecular weight is 456 g/mol. The maximum Gasteiger partial charge on any atom is 0.269 e. The van der Waals surface area contributed by atoms with Crippen LogP contribution in [0.2, 0.25) is 5.02 Å². The van der Waals surface area contributed by atoms with Gasteiger partial charge in [0.05, 0.1) is 24.6 Å². The fraction of sp³-hybridized carbons (Fsp3) is 0.292. The maximum absolute atomic E-state index is 13.1. The normalized spacial score (nSPS) is 16.4. The van der Waals surface area contributed by atoms with Crippen LogP contribution in [0.1, 0.15) is 28.1 Å². The van der Waals surface area contributed by atoms with Crippen LogP contribution in [0.5, 0.6) is 11.5 Å². The molecule has 0 radical (unpaired) electrons. The summed E-state index contributed by atoms with van der Waals surface area (Å²) in [7, 11) is 1.57. The van der Waals surface area contributed by atoms with Crippen molar-refractivity contribution in [3.05, 3.63) is 64.0 Å². The topological polar surface area (TPSA) is 59.0 Å². The van der Waals surface area contributed by atoms with Gasteiger partial charge in [0.2, 0.25) is 0 Å². The second kappa shape index (κ2) is 8.19. The minimum Gasteiger partial charge on any atom is -0.493 e. The summed E-state index contributed by atoms with van der Waals surface area (Å²) in [6, 6.07) is 15.2. The number of aliphatic hydroxyl groups excluding tert-OH is 1. The van der Waals surface area contributed by atoms with Gasteiger partial charge in [0.15, 0.2) is 11.5 Å². The number of hydrogen-bond acceptors (Lipinski definition) is 5. The Balaban J connectivity index is 1.33. The second-order valence-corrected chi connectivity index (χ2v) is 9.40. The van der Waals surface area contributed by atoms with Gasteiger partial charge < -0.3 is 19.5 Å². The van der Waals surface area contributed by atoms with E-state index in [2.05, 4.69) is 6.07 Å². The van der Waals surface area contributed by atoms with Crippen LogP contribution < -0.4 is 14.4 Å². The van der Waals surface area contributed by atoms with Gasteiger partial charge in [-0.1, -0.05) is 23.7 Å². The fourth-order valence-electron chi connectivity index (χ4n) is 3.79. The van der Waals surface area contributed by atoms with Crippen LogP contribution in [0.3, 0.4) is 0 Å². The number of anilines is 1. The quantitative estimate of drug-likeness (QED) is 0.519. The van der Waals surface area contributed by atoms with E-state index in [1.165, 1.54) is 11.3 Å². The third-order valence-electron chi connectivity index (χ3n) is 5.74. The zero-order valence-corrected chi connectivity index (χ0v) is 18.6. The molecule has 2 aromatic carbocycles. The summed E-state index contributed by atoms with van der Waals surface area (Å²) in [6.45, 7) is 0.760. The van der Waals surface area contributed by atoms with Gasteiger partial charge in [-0.25, -0.2) is 0 Å². The first-order valence-corrected chi connectivity index (χ1v) is 11.4. The molecule has 2 heterocycles. The van der Waals surface area contributed by atoms with Crippen molar-refractivity contribution in [1.82, 2.24) is 0 Å². The highest BCUT2D eigenvalue weighted by Crippen LogP contribution is 2.41. The van der Waals surface area contributed by atoms with E-state index < -0.39 is 6.10 Å². The Morgan fingerprint density at radius 1 is 1.16 bits per heavy atom. The molecule has 1 N–H and O–H groups in total. The van der Waals surface area contributed by atoms with Crippen LogP contribution in [0.25, 0.3) is 10.4 Å². The number of aliphatic hydroxyl groups is 1. The van der Waals surface area contributed by atoms with Gasteiger partial charge in [0.25, 0.3) is 5.91 Å². The number of halogens is 1. The first kappa shape index (κ1) is 20.4. The molecule has 1 aliphatic carbocycles. The molecule has 0 bridgehead atoms. The summed E-state index contributed by atoms with van der Waals surface area (Å²) < 4.78 is 11.3. The van der Waals surface area contributed by atoms with Crippen molar-refractivity contribution in [2.24, 2.45) is 5.92 Å². The number of rotatable bonds is 7. The van der Waals surface area contributed by atoms with Gasteiger partial charge in [-0.3, -0.25) is 4.79 Å². The molecule has 0 saturated heterocycles. The van der Waals surface area contributed by atoms with E-state index in [1.807, 2.05) is 36.4 Å². The third-order valence-corrected chi connectivity index (χ3v) is 7.21. The molecule has 1 aliphatic heterocycles. The molecule has 1 fully saturated rings. The van der Waals surface area contributed by atoms with Crippen molar-refractivity contribution in [2.45, 2.75) is 25.5 Å². The number of fused-ring (bicyclic) bond motifs is 1. The van der Waals surface area contributed by atoms with E-state index in [-0.39, 0.29) is 12.5 Å². The fourth-order valence-corrected chi connectivity index (χ4v) is 5.05. The molecule has 1 saturated carbocycles. The Kier molecular flexibility index (Phi) is 5.38. The number of thiophene rings is 1. The van der Waals surface area contributed by atoms with Gasteiger partial charge in [0, 0.05) is 21.7 Å².